The molecule has 0 aliphatic carbocycles. The Morgan fingerprint density at radius 1 is 0.614 bits per heavy atom. The van der Waals surface area contributed by atoms with Crippen molar-refractivity contribution >= 4 is 14.3 Å². The standard InChI is InChI=1S/C13H21OP.C8H10.C7H15OP.4C2H6.4CH4/c1-3-4-8-11-15(2,14)12-13-9-6-5-7-10-13;1-2-8-6-4-3-5-7-8;1-2-9(8)6-4-3-5-7-9;4*1-2;;;;/h5-7,9-10H,3-4,8,11-12H2,1-2H3;3-7H,2H2,1H3;2-7H2,1H3;4*1-2H3;4*1H4. The van der Waals surface area contributed by atoms with Crippen molar-refractivity contribution in [2.75, 3.05) is 31.3 Å². The van der Waals surface area contributed by atoms with Crippen LogP contribution in [0.1, 0.15) is 156 Å². The minimum atomic E-state index is -1.94. The summed E-state index contributed by atoms with van der Waals surface area (Å²) in [6.45, 7) is 24.3. The first-order valence-electron chi connectivity index (χ1n) is 16.5. The van der Waals surface area contributed by atoms with Crippen molar-refractivity contribution in [3.05, 3.63) is 71.8 Å². The fourth-order valence-electron chi connectivity index (χ4n) is 3.86. The van der Waals surface area contributed by atoms with Crippen molar-refractivity contribution in [1.29, 1.82) is 0 Å². The first kappa shape index (κ1) is 61.8. The lowest BCUT2D eigenvalue weighted by Gasteiger charge is -2.20. The highest BCUT2D eigenvalue weighted by Gasteiger charge is 2.21. The van der Waals surface area contributed by atoms with Crippen LogP contribution in [0.5, 0.6) is 0 Å². The highest BCUT2D eigenvalue weighted by atomic mass is 31.2. The molecule has 1 saturated heterocycles. The van der Waals surface area contributed by atoms with E-state index < -0.39 is 14.3 Å². The lowest BCUT2D eigenvalue weighted by atomic mass is 10.2. The van der Waals surface area contributed by atoms with Crippen LogP contribution in [0.25, 0.3) is 0 Å². The van der Waals surface area contributed by atoms with Crippen LogP contribution in [0.2, 0.25) is 0 Å². The molecule has 268 valence electrons. The van der Waals surface area contributed by atoms with E-state index in [0.717, 1.165) is 43.7 Å². The molecule has 1 aliphatic heterocycles. The van der Waals surface area contributed by atoms with Gasteiger partial charge in [-0.05, 0) is 49.6 Å². The molecule has 3 rings (SSSR count). The topological polar surface area (TPSA) is 34.1 Å². The van der Waals surface area contributed by atoms with E-state index in [4.69, 9.17) is 0 Å². The van der Waals surface area contributed by atoms with Gasteiger partial charge >= 0.3 is 0 Å². The first-order chi connectivity index (χ1) is 19.3. The number of hydrogen-bond donors (Lipinski definition) is 0. The molecule has 2 nitrogen and oxygen atoms in total. The molecule has 0 radical (unpaired) electrons. The van der Waals surface area contributed by atoms with Crippen LogP contribution in [-0.4, -0.2) is 31.3 Å². The van der Waals surface area contributed by atoms with Gasteiger partial charge in [0.25, 0.3) is 0 Å². The largest absolute Gasteiger partial charge is 0.324 e. The van der Waals surface area contributed by atoms with Crippen molar-refractivity contribution in [1.82, 2.24) is 0 Å². The highest BCUT2D eigenvalue weighted by Crippen LogP contribution is 2.49. The van der Waals surface area contributed by atoms with E-state index in [9.17, 15) is 9.13 Å². The zero-order valence-corrected chi connectivity index (χ0v) is 30.8. The lowest BCUT2D eigenvalue weighted by Crippen LogP contribution is -2.04. The second-order valence-electron chi connectivity index (χ2n) is 9.09. The van der Waals surface area contributed by atoms with Crippen LogP contribution in [0.4, 0.5) is 0 Å². The summed E-state index contributed by atoms with van der Waals surface area (Å²) in [6.07, 6.45) is 13.0. The van der Waals surface area contributed by atoms with E-state index in [1.165, 1.54) is 43.2 Å². The fraction of sp³-hybridized carbons (Fsp3) is 0.700. The Morgan fingerprint density at radius 2 is 1.00 bits per heavy atom. The molecule has 0 saturated carbocycles. The van der Waals surface area contributed by atoms with Crippen molar-refractivity contribution < 1.29 is 9.13 Å². The van der Waals surface area contributed by atoms with E-state index in [1.54, 1.807) is 0 Å². The monoisotopic (exact) mass is 661 g/mol. The molecule has 0 N–H and O–H groups in total. The maximum atomic E-state index is 12.3. The van der Waals surface area contributed by atoms with Gasteiger partial charge in [-0.1, -0.05) is 186 Å². The van der Waals surface area contributed by atoms with Crippen molar-refractivity contribution in [2.45, 2.75) is 157 Å². The maximum absolute atomic E-state index is 12.3. The van der Waals surface area contributed by atoms with Crippen LogP contribution in [-0.2, 0) is 21.7 Å². The summed E-state index contributed by atoms with van der Waals surface area (Å²) in [4.78, 5) is 0. The summed E-state index contributed by atoms with van der Waals surface area (Å²) >= 11 is 0. The lowest BCUT2D eigenvalue weighted by molar-refractivity contribution is 0.560. The summed E-state index contributed by atoms with van der Waals surface area (Å²) in [5.74, 6) is 0. The quantitative estimate of drug-likeness (QED) is 0.209. The Hall–Kier alpha value is -1.10. The third kappa shape index (κ3) is 38.9. The van der Waals surface area contributed by atoms with Gasteiger partial charge in [0.05, 0.1) is 14.3 Å². The average Bonchev–Trinajstić information content (AvgIpc) is 3.03. The van der Waals surface area contributed by atoms with Crippen molar-refractivity contribution in [3.8, 4) is 0 Å². The molecular weight excluding hydrogens is 574 g/mol. The zero-order chi connectivity index (χ0) is 31.7. The summed E-state index contributed by atoms with van der Waals surface area (Å²) in [7, 11) is -3.54. The average molecular weight is 661 g/mol. The van der Waals surface area contributed by atoms with Crippen LogP contribution in [0, 0.1) is 0 Å². The molecule has 0 bridgehead atoms. The second kappa shape index (κ2) is 46.3. The molecule has 2 aromatic carbocycles. The van der Waals surface area contributed by atoms with Gasteiger partial charge in [0.1, 0.15) is 0 Å². The molecule has 1 heterocycles. The molecule has 1 atom stereocenters. The number of unbranched alkanes of at least 4 members (excludes halogenated alkanes) is 2. The molecule has 1 unspecified atom stereocenters. The Kier molecular flexibility index (Phi) is 65.1. The van der Waals surface area contributed by atoms with E-state index in [2.05, 4.69) is 57.2 Å². The van der Waals surface area contributed by atoms with Gasteiger partial charge in [-0.25, -0.2) is 0 Å². The smallest absolute Gasteiger partial charge is 0.0890 e. The minimum Gasteiger partial charge on any atom is -0.324 e. The summed E-state index contributed by atoms with van der Waals surface area (Å²) in [6, 6.07) is 20.6. The predicted molar refractivity (Wildman–Crippen MR) is 218 cm³/mol. The van der Waals surface area contributed by atoms with Gasteiger partial charge in [0.2, 0.25) is 0 Å². The number of hydrogen-bond acceptors (Lipinski definition) is 2. The third-order valence-electron chi connectivity index (χ3n) is 6.05. The molecule has 1 aliphatic rings. The van der Waals surface area contributed by atoms with Crippen LogP contribution in [0.3, 0.4) is 0 Å². The number of rotatable bonds is 8. The minimum absolute atomic E-state index is 0. The zero-order valence-electron chi connectivity index (χ0n) is 29.0. The Labute approximate surface area is 282 Å². The Morgan fingerprint density at radius 3 is 1.30 bits per heavy atom. The van der Waals surface area contributed by atoms with Gasteiger partial charge in [-0.2, -0.15) is 0 Å². The van der Waals surface area contributed by atoms with Crippen LogP contribution < -0.4 is 0 Å². The Bertz CT molecular complexity index is 795. The summed E-state index contributed by atoms with van der Waals surface area (Å²) in [5, 5.41) is 0. The molecule has 0 amide bonds. The SMILES string of the molecule is C.C.C.C.CC.CC.CC.CC.CCCCCP(C)(=O)Cc1ccccc1.CCP1(=O)CCCCC1.CCc1ccccc1. The van der Waals surface area contributed by atoms with Crippen molar-refractivity contribution in [3.63, 3.8) is 0 Å². The van der Waals surface area contributed by atoms with Crippen LogP contribution >= 0.6 is 14.3 Å². The van der Waals surface area contributed by atoms with Crippen LogP contribution in [0.15, 0.2) is 60.7 Å². The molecule has 4 heteroatoms. The predicted octanol–water partition coefficient (Wildman–Crippen LogP) is 15.8. The molecule has 2 aromatic rings. The van der Waals surface area contributed by atoms with Gasteiger partial charge < -0.3 is 9.13 Å². The summed E-state index contributed by atoms with van der Waals surface area (Å²) < 4.78 is 23.9. The fourth-order valence-corrected chi connectivity index (χ4v) is 8.35. The molecular formula is C40H86O2P2. The molecule has 0 aromatic heterocycles. The molecule has 0 spiro atoms. The second-order valence-corrected chi connectivity index (χ2v) is 16.1. The van der Waals surface area contributed by atoms with Gasteiger partial charge in [0.15, 0.2) is 0 Å². The van der Waals surface area contributed by atoms with Gasteiger partial charge in [-0.15, -0.1) is 0 Å². The maximum Gasteiger partial charge on any atom is 0.0890 e. The van der Waals surface area contributed by atoms with E-state index in [-0.39, 0.29) is 29.7 Å². The number of benzene rings is 2. The number of aryl methyl sites for hydroxylation is 1. The molecule has 44 heavy (non-hydrogen) atoms. The van der Waals surface area contributed by atoms with E-state index in [0.29, 0.717) is 0 Å². The van der Waals surface area contributed by atoms with Gasteiger partial charge in [0, 0.05) is 24.6 Å². The normalized spacial score (nSPS) is 12.5. The van der Waals surface area contributed by atoms with Gasteiger partial charge in [-0.3, -0.25) is 0 Å². The first-order valence-corrected chi connectivity index (χ1v) is 21.3. The van der Waals surface area contributed by atoms with E-state index >= 15 is 0 Å². The van der Waals surface area contributed by atoms with E-state index in [1.807, 2.05) is 86.3 Å². The van der Waals surface area contributed by atoms with Crippen molar-refractivity contribution in [2.24, 2.45) is 0 Å². The third-order valence-corrected chi connectivity index (χ3v) is 11.8. The highest BCUT2D eigenvalue weighted by molar-refractivity contribution is 7.64. The molecule has 1 fully saturated rings. The Balaban J connectivity index is -0.0000000655. The summed E-state index contributed by atoms with van der Waals surface area (Å²) in [5.41, 5.74) is 2.62.